The minimum Gasteiger partial charge on any atom is -0.481 e. The highest BCUT2D eigenvalue weighted by molar-refractivity contribution is 8.14. The van der Waals surface area contributed by atoms with E-state index in [0.29, 0.717) is 29.2 Å². The Hall–Kier alpha value is -3.72. The van der Waals surface area contributed by atoms with Crippen LogP contribution < -0.4 is 4.74 Å². The zero-order valence-corrected chi connectivity index (χ0v) is 24.0. The molecule has 0 saturated heterocycles. The Bertz CT molecular complexity index is 1490. The van der Waals surface area contributed by atoms with Gasteiger partial charge in [-0.05, 0) is 57.0 Å². The molecule has 1 aliphatic heterocycles. The fourth-order valence-corrected chi connectivity index (χ4v) is 6.79. The van der Waals surface area contributed by atoms with Crippen molar-refractivity contribution in [3.8, 4) is 5.88 Å². The summed E-state index contributed by atoms with van der Waals surface area (Å²) in [5, 5.41) is 0.162. The predicted molar refractivity (Wildman–Crippen MR) is 153 cm³/mol. The lowest BCUT2D eigenvalue weighted by Crippen LogP contribution is -2.56. The Morgan fingerprint density at radius 3 is 2.40 bits per heavy atom. The molecule has 0 unspecified atom stereocenters. The van der Waals surface area contributed by atoms with Gasteiger partial charge in [0.25, 0.3) is 5.91 Å². The Balaban J connectivity index is 1.73. The van der Waals surface area contributed by atoms with Gasteiger partial charge in [0.15, 0.2) is 5.17 Å². The summed E-state index contributed by atoms with van der Waals surface area (Å²) in [5.41, 5.74) is 0.0291. The highest BCUT2D eigenvalue weighted by Gasteiger charge is 2.57. The molecule has 7 nitrogen and oxygen atoms in total. The van der Waals surface area contributed by atoms with Crippen molar-refractivity contribution in [2.45, 2.75) is 51.7 Å². The number of nitrogens with zero attached hydrogens (tertiary/aromatic N) is 3. The minimum absolute atomic E-state index is 0.162. The first-order valence-corrected chi connectivity index (χ1v) is 14.1. The number of methoxy groups -OCH3 is 1. The van der Waals surface area contributed by atoms with Crippen molar-refractivity contribution in [2.24, 2.45) is 10.4 Å². The molecular formula is C31H32FN3O4S. The average Bonchev–Trinajstić information content (AvgIpc) is 2.91. The van der Waals surface area contributed by atoms with Crippen LogP contribution in [-0.4, -0.2) is 45.5 Å². The van der Waals surface area contributed by atoms with Crippen LogP contribution in [-0.2, 0) is 23.1 Å². The smallest absolute Gasteiger partial charge is 0.423 e. The molecular weight excluding hydrogens is 529 g/mol. The quantitative estimate of drug-likeness (QED) is 0.368. The van der Waals surface area contributed by atoms with Crippen LogP contribution in [0.25, 0.3) is 0 Å². The predicted octanol–water partition coefficient (Wildman–Crippen LogP) is 6.41. The third-order valence-electron chi connectivity index (χ3n) is 7.44. The van der Waals surface area contributed by atoms with E-state index < -0.39 is 34.4 Å². The summed E-state index contributed by atoms with van der Waals surface area (Å²) in [7, 11) is 1.56. The molecule has 0 radical (unpaired) electrons. The van der Waals surface area contributed by atoms with E-state index in [2.05, 4.69) is 11.9 Å². The summed E-state index contributed by atoms with van der Waals surface area (Å²) in [4.78, 5) is 38.0. The maximum Gasteiger partial charge on any atom is 0.423 e. The average molecular weight is 562 g/mol. The van der Waals surface area contributed by atoms with Crippen molar-refractivity contribution < 1.29 is 23.5 Å². The first kappa shape index (κ1) is 27.8. The Kier molecular flexibility index (Phi) is 7.20. The van der Waals surface area contributed by atoms with Gasteiger partial charge >= 0.3 is 6.09 Å². The zero-order chi connectivity index (χ0) is 28.7. The summed E-state index contributed by atoms with van der Waals surface area (Å²) < 4.78 is 27.0. The molecule has 5 rings (SSSR count). The van der Waals surface area contributed by atoms with E-state index in [-0.39, 0.29) is 11.6 Å². The Morgan fingerprint density at radius 2 is 1.73 bits per heavy atom. The van der Waals surface area contributed by atoms with Gasteiger partial charge in [0.1, 0.15) is 17.0 Å². The van der Waals surface area contributed by atoms with Crippen LogP contribution >= 0.6 is 11.8 Å². The highest BCUT2D eigenvalue weighted by Crippen LogP contribution is 2.57. The molecule has 2 heterocycles. The van der Waals surface area contributed by atoms with E-state index in [1.807, 2.05) is 6.07 Å². The van der Waals surface area contributed by atoms with Crippen LogP contribution in [0, 0.1) is 11.2 Å². The molecule has 40 heavy (non-hydrogen) atoms. The van der Waals surface area contributed by atoms with Crippen LogP contribution in [0.2, 0.25) is 0 Å². The minimum atomic E-state index is -1.15. The number of aromatic nitrogens is 1. The fourth-order valence-electron chi connectivity index (χ4n) is 5.50. The topological polar surface area (TPSA) is 81.1 Å². The number of fused-ring (bicyclic) bond motifs is 2. The molecule has 208 valence electrons. The van der Waals surface area contributed by atoms with Crippen molar-refractivity contribution in [1.29, 1.82) is 0 Å². The van der Waals surface area contributed by atoms with Gasteiger partial charge in [-0.15, -0.1) is 0 Å². The number of aliphatic imine (C=N–C) groups is 1. The van der Waals surface area contributed by atoms with Gasteiger partial charge in [-0.3, -0.25) is 4.79 Å². The van der Waals surface area contributed by atoms with E-state index in [1.165, 1.54) is 17.8 Å². The normalized spacial score (nSPS) is 21.9. The molecule has 0 spiro atoms. The van der Waals surface area contributed by atoms with Crippen molar-refractivity contribution in [2.75, 3.05) is 12.9 Å². The van der Waals surface area contributed by atoms with Crippen molar-refractivity contribution in [3.63, 3.8) is 0 Å². The van der Waals surface area contributed by atoms with Gasteiger partial charge in [-0.1, -0.05) is 55.1 Å². The van der Waals surface area contributed by atoms with Crippen LogP contribution in [0.1, 0.15) is 54.7 Å². The fraction of sp³-hybridized carbons (Fsp3) is 0.355. The van der Waals surface area contributed by atoms with Gasteiger partial charge in [0.2, 0.25) is 5.88 Å². The lowest BCUT2D eigenvalue weighted by atomic mass is 9.59. The van der Waals surface area contributed by atoms with Gasteiger partial charge in [0.05, 0.1) is 7.11 Å². The monoisotopic (exact) mass is 561 g/mol. The second kappa shape index (κ2) is 10.4. The maximum absolute atomic E-state index is 15.7. The number of pyridine rings is 1. The molecule has 3 aromatic rings. The number of imide groups is 1. The second-order valence-electron chi connectivity index (χ2n) is 11.4. The van der Waals surface area contributed by atoms with E-state index in [0.717, 1.165) is 16.0 Å². The van der Waals surface area contributed by atoms with E-state index >= 15 is 4.39 Å². The Labute approximate surface area is 237 Å². The summed E-state index contributed by atoms with van der Waals surface area (Å²) in [6.07, 6.45) is 1.74. The Morgan fingerprint density at radius 1 is 1.02 bits per heavy atom. The number of hydrogen-bond acceptors (Lipinski definition) is 7. The van der Waals surface area contributed by atoms with E-state index in [9.17, 15) is 9.59 Å². The van der Waals surface area contributed by atoms with Crippen molar-refractivity contribution >= 4 is 28.9 Å². The molecule has 0 fully saturated rings. The highest BCUT2D eigenvalue weighted by atomic mass is 32.2. The molecule has 0 saturated carbocycles. The lowest BCUT2D eigenvalue weighted by molar-refractivity contribution is 0.0349. The number of ether oxygens (including phenoxy) is 2. The van der Waals surface area contributed by atoms with Gasteiger partial charge in [0, 0.05) is 40.5 Å². The van der Waals surface area contributed by atoms with Crippen LogP contribution in [0.15, 0.2) is 71.9 Å². The molecule has 0 bridgehead atoms. The van der Waals surface area contributed by atoms with Gasteiger partial charge in [-0.25, -0.2) is 19.2 Å². The SMILES string of the molecule is COc1nccc2c1C[C@]1(c3ccccc3F)N=C(N(C(=O)OC(C)(C)C)C(=O)c3ccccc3)SC[C@]1(C)C2. The lowest BCUT2D eigenvalue weighted by Gasteiger charge is -2.53. The molecule has 2 amide bonds. The number of carbonyl (C=O) groups excluding carboxylic acids is 2. The number of amidine groups is 1. The maximum atomic E-state index is 15.7. The van der Waals surface area contributed by atoms with E-state index in [1.54, 1.807) is 82.6 Å². The zero-order valence-electron chi connectivity index (χ0n) is 23.2. The number of amides is 2. The first-order valence-electron chi connectivity index (χ1n) is 13.1. The summed E-state index contributed by atoms with van der Waals surface area (Å²) in [6, 6.07) is 17.0. The van der Waals surface area contributed by atoms with Crippen molar-refractivity contribution in [3.05, 3.63) is 94.9 Å². The molecule has 1 aromatic heterocycles. The van der Waals surface area contributed by atoms with Crippen LogP contribution in [0.5, 0.6) is 5.88 Å². The third kappa shape index (κ3) is 4.87. The molecule has 9 heteroatoms. The molecule has 2 atom stereocenters. The number of halogens is 1. The number of carbonyl (C=O) groups is 2. The molecule has 1 aliphatic carbocycles. The number of benzene rings is 2. The first-order chi connectivity index (χ1) is 19.0. The molecule has 2 aromatic carbocycles. The molecule has 2 aliphatic rings. The van der Waals surface area contributed by atoms with Crippen LogP contribution in [0.4, 0.5) is 9.18 Å². The summed E-state index contributed by atoms with van der Waals surface area (Å²) >= 11 is 1.30. The molecule has 0 N–H and O–H groups in total. The standard InChI is InChI=1S/C31H32FN3O4S/c1-29(2,3)39-28(37)35(26(36)20-11-7-6-8-12-20)27-34-31(23-13-9-10-14-24(23)32)18-22-21(15-16-33-25(22)38-5)17-30(31,4)19-40-27/h6-16H,17-19H2,1-5H3/t30-,31+/m0/s1. The van der Waals surface area contributed by atoms with Gasteiger partial charge in [-0.2, -0.15) is 4.90 Å². The third-order valence-corrected chi connectivity index (χ3v) is 8.75. The van der Waals surface area contributed by atoms with Gasteiger partial charge < -0.3 is 9.47 Å². The summed E-state index contributed by atoms with van der Waals surface area (Å²) in [5.74, 6) is -0.0438. The number of hydrogen-bond donors (Lipinski definition) is 0. The van der Waals surface area contributed by atoms with Crippen molar-refractivity contribution in [1.82, 2.24) is 9.88 Å². The second-order valence-corrected chi connectivity index (χ2v) is 12.3. The van der Waals surface area contributed by atoms with Crippen LogP contribution in [0.3, 0.4) is 0 Å². The summed E-state index contributed by atoms with van der Waals surface area (Å²) in [6.45, 7) is 7.29. The number of rotatable bonds is 3. The van der Waals surface area contributed by atoms with E-state index in [4.69, 9.17) is 14.5 Å². The largest absolute Gasteiger partial charge is 0.481 e. The number of thioether (sulfide) groups is 1.